The van der Waals surface area contributed by atoms with Gasteiger partial charge in [-0.15, -0.1) is 0 Å². The van der Waals surface area contributed by atoms with Crippen molar-refractivity contribution in [3.05, 3.63) is 29.8 Å². The third-order valence-electron chi connectivity index (χ3n) is 3.60. The fraction of sp³-hybridized carbons (Fsp3) is 0.533. The molecule has 0 radical (unpaired) electrons. The highest BCUT2D eigenvalue weighted by Crippen LogP contribution is 2.50. The first-order valence-corrected chi connectivity index (χ1v) is 7.31. The fourth-order valence-corrected chi connectivity index (χ4v) is 2.21. The maximum absolute atomic E-state index is 12.9. The highest BCUT2D eigenvalue weighted by atomic mass is 19.4. The smallest absolute Gasteiger partial charge is 0.369 e. The molecule has 0 heterocycles. The van der Waals surface area contributed by atoms with Gasteiger partial charge in [-0.05, 0) is 18.6 Å². The molecule has 4 nitrogen and oxygen atoms in total. The van der Waals surface area contributed by atoms with E-state index in [0.717, 1.165) is 12.1 Å². The Bertz CT molecular complexity index is 604. The topological polar surface area (TPSA) is 52.5 Å². The number of benzene rings is 1. The zero-order chi connectivity index (χ0) is 19.6. The largest absolute Gasteiger partial charge is 0.430 e. The van der Waals surface area contributed by atoms with Gasteiger partial charge in [0, 0.05) is 5.56 Å². The average molecular weight is 372 g/mol. The molecule has 0 saturated carbocycles. The van der Waals surface area contributed by atoms with E-state index in [4.69, 9.17) is 5.73 Å². The van der Waals surface area contributed by atoms with Gasteiger partial charge in [0.15, 0.2) is 0 Å². The van der Waals surface area contributed by atoms with Gasteiger partial charge in [0.25, 0.3) is 5.60 Å². The van der Waals surface area contributed by atoms with Crippen LogP contribution in [-0.4, -0.2) is 48.6 Å². The van der Waals surface area contributed by atoms with Gasteiger partial charge in [0.1, 0.15) is 5.69 Å². The molecule has 1 aromatic rings. The summed E-state index contributed by atoms with van der Waals surface area (Å²) in [4.78, 5) is 1.55. The summed E-state index contributed by atoms with van der Waals surface area (Å²) >= 11 is 0. The van der Waals surface area contributed by atoms with Crippen LogP contribution in [0, 0.1) is 0 Å². The molecule has 1 rings (SSSR count). The first-order chi connectivity index (χ1) is 11.3. The second-order valence-corrected chi connectivity index (χ2v) is 5.66. The highest BCUT2D eigenvalue weighted by Gasteiger charge is 2.71. The molecule has 25 heavy (non-hydrogen) atoms. The van der Waals surface area contributed by atoms with Crippen molar-refractivity contribution < 1.29 is 36.0 Å². The third-order valence-corrected chi connectivity index (χ3v) is 3.60. The maximum atomic E-state index is 12.9. The van der Waals surface area contributed by atoms with Gasteiger partial charge in [-0.1, -0.05) is 19.1 Å². The number of hydrogen-bond donors (Lipinski definition) is 2. The summed E-state index contributed by atoms with van der Waals surface area (Å²) in [5.74, 6) is 0.275. The first kappa shape index (κ1) is 21.1. The molecule has 0 amide bonds. The van der Waals surface area contributed by atoms with Crippen LogP contribution in [-0.2, 0) is 5.60 Å². The van der Waals surface area contributed by atoms with Crippen molar-refractivity contribution >= 4 is 11.6 Å². The van der Waals surface area contributed by atoms with E-state index < -0.39 is 23.5 Å². The van der Waals surface area contributed by atoms with Crippen LogP contribution in [0.2, 0.25) is 0 Å². The highest BCUT2D eigenvalue weighted by molar-refractivity contribution is 5.91. The van der Waals surface area contributed by atoms with Gasteiger partial charge in [0.2, 0.25) is 0 Å². The van der Waals surface area contributed by atoms with E-state index in [-0.39, 0.29) is 5.96 Å². The molecule has 142 valence electrons. The molecule has 1 aromatic carbocycles. The number of hydrogen-bond acceptors (Lipinski definition) is 1. The van der Waals surface area contributed by atoms with Gasteiger partial charge >= 0.3 is 18.3 Å². The van der Waals surface area contributed by atoms with Crippen LogP contribution in [0.1, 0.15) is 18.9 Å². The van der Waals surface area contributed by atoms with Crippen molar-refractivity contribution in [2.75, 3.05) is 25.5 Å². The lowest BCUT2D eigenvalue weighted by Gasteiger charge is -2.32. The monoisotopic (exact) mass is 372 g/mol. The van der Waals surface area contributed by atoms with Crippen LogP contribution < -0.4 is 10.6 Å². The lowest BCUT2D eigenvalue weighted by Crippen LogP contribution is -2.53. The lowest BCUT2D eigenvalue weighted by molar-refractivity contribution is -0.466. The molecule has 0 spiro atoms. The number of rotatable bonds is 4. The van der Waals surface area contributed by atoms with E-state index in [1.54, 1.807) is 23.6 Å². The Labute approximate surface area is 141 Å². The number of nitrogens with zero attached hydrogens (tertiary/aromatic N) is 2. The van der Waals surface area contributed by atoms with Crippen LogP contribution in [0.15, 0.2) is 24.3 Å². The van der Waals surface area contributed by atoms with Crippen molar-refractivity contribution in [3.8, 4) is 0 Å². The van der Waals surface area contributed by atoms with Crippen molar-refractivity contribution in [2.24, 2.45) is 5.73 Å². The van der Waals surface area contributed by atoms with E-state index in [2.05, 4.69) is 0 Å². The second kappa shape index (κ2) is 7.11. The molecule has 0 saturated heterocycles. The second-order valence-electron chi connectivity index (χ2n) is 5.66. The Morgan fingerprint density at radius 3 is 1.80 bits per heavy atom. The minimum Gasteiger partial charge on any atom is -0.369 e. The summed E-state index contributed by atoms with van der Waals surface area (Å²) in [6, 6.07) is 3.32. The number of aliphatic hydroxyl groups is 1. The van der Waals surface area contributed by atoms with Crippen molar-refractivity contribution in [1.82, 2.24) is 0 Å². The van der Waals surface area contributed by atoms with Gasteiger partial charge in [-0.2, -0.15) is 26.3 Å². The molecule has 0 atom stereocenters. The molecule has 0 aromatic heterocycles. The summed E-state index contributed by atoms with van der Waals surface area (Å²) < 4.78 is 78.9. The third kappa shape index (κ3) is 4.00. The Morgan fingerprint density at radius 1 is 1.04 bits per heavy atom. The van der Waals surface area contributed by atoms with Gasteiger partial charge in [0.05, 0.1) is 20.6 Å². The predicted octanol–water partition coefficient (Wildman–Crippen LogP) is 2.80. The number of guanidine groups is 1. The summed E-state index contributed by atoms with van der Waals surface area (Å²) in [7, 11) is 3.30. The van der Waals surface area contributed by atoms with Crippen LogP contribution >= 0.6 is 0 Å². The Kier molecular flexibility index (Phi) is 5.99. The summed E-state index contributed by atoms with van der Waals surface area (Å²) in [6.07, 6.45) is -11.2. The number of alkyl halides is 6. The van der Waals surface area contributed by atoms with Crippen LogP contribution in [0.5, 0.6) is 0 Å². The minimum absolute atomic E-state index is 0.275. The van der Waals surface area contributed by atoms with E-state index in [0.29, 0.717) is 30.8 Å². The zero-order valence-corrected chi connectivity index (χ0v) is 13.9. The van der Waals surface area contributed by atoms with Crippen LogP contribution in [0.4, 0.5) is 32.0 Å². The number of nitrogens with two attached hydrogens (primary N) is 1. The van der Waals surface area contributed by atoms with E-state index in [9.17, 15) is 31.4 Å². The molecule has 0 aliphatic heterocycles. The molecule has 0 fully saturated rings. The summed E-state index contributed by atoms with van der Waals surface area (Å²) in [5, 5.41) is 9.38. The Morgan fingerprint density at radius 2 is 1.48 bits per heavy atom. The average Bonchev–Trinajstić information content (AvgIpc) is 2.49. The number of halogens is 6. The molecule has 3 N–H and O–H groups in total. The zero-order valence-electron chi connectivity index (χ0n) is 13.9. The van der Waals surface area contributed by atoms with Gasteiger partial charge in [-0.25, -0.2) is 4.90 Å². The lowest BCUT2D eigenvalue weighted by atomic mass is 9.92. The Balaban J connectivity index is 3.39. The minimum atomic E-state index is -5.91. The summed E-state index contributed by atoms with van der Waals surface area (Å²) in [5.41, 5.74) is -0.0396. The molecule has 0 aliphatic carbocycles. The molecule has 0 bridgehead atoms. The van der Waals surface area contributed by atoms with Crippen LogP contribution in [0.3, 0.4) is 0 Å². The molecule has 10 heteroatoms. The van der Waals surface area contributed by atoms with Gasteiger partial charge < -0.3 is 5.11 Å². The SMILES string of the molecule is CCCN(C(N)=[N+](C)C)c1ccc(C(O)(C(F)(F)F)C(F)(F)F)cc1. The standard InChI is InChI=1S/C15H19F6N3O/c1-4-9-24(12(22)23(2)3)11-7-5-10(6-8-11)13(25,14(16,17)18)15(19,20)21/h5-8,22,25H,4,9H2,1-3H3/p+1. The van der Waals surface area contributed by atoms with Gasteiger partial charge in [-0.3, -0.25) is 10.3 Å². The van der Waals surface area contributed by atoms with Crippen LogP contribution in [0.25, 0.3) is 0 Å². The van der Waals surface area contributed by atoms with Crippen molar-refractivity contribution in [2.45, 2.75) is 31.3 Å². The maximum Gasteiger partial charge on any atom is 0.430 e. The van der Waals surface area contributed by atoms with E-state index in [1.807, 2.05) is 6.92 Å². The first-order valence-electron chi connectivity index (χ1n) is 7.31. The molecule has 0 unspecified atom stereocenters. The van der Waals surface area contributed by atoms with E-state index >= 15 is 0 Å². The molecular formula is C15H20F6N3O+. The predicted molar refractivity (Wildman–Crippen MR) is 81.4 cm³/mol. The molecule has 0 aliphatic rings. The molecular weight excluding hydrogens is 352 g/mol. The summed E-state index contributed by atoms with van der Waals surface area (Å²) in [6.45, 7) is 2.25. The van der Waals surface area contributed by atoms with Crippen molar-refractivity contribution in [1.29, 1.82) is 0 Å². The van der Waals surface area contributed by atoms with Crippen molar-refractivity contribution in [3.63, 3.8) is 0 Å². The quantitative estimate of drug-likeness (QED) is 0.370. The number of anilines is 1. The fourth-order valence-electron chi connectivity index (χ4n) is 2.21. The normalized spacial score (nSPS) is 12.9. The van der Waals surface area contributed by atoms with E-state index in [1.165, 1.54) is 0 Å². The Hall–Kier alpha value is -1.97.